The Morgan fingerprint density at radius 1 is 1.53 bits per heavy atom. The molecule has 0 aliphatic carbocycles. The van der Waals surface area contributed by atoms with Crippen molar-refractivity contribution in [3.8, 4) is 0 Å². The number of carboxylic acids is 1. The van der Waals surface area contributed by atoms with Gasteiger partial charge in [0.05, 0.1) is 5.56 Å². The molecule has 0 saturated heterocycles. The topological polar surface area (TPSA) is 37.3 Å². The van der Waals surface area contributed by atoms with Gasteiger partial charge < -0.3 is 5.11 Å². The summed E-state index contributed by atoms with van der Waals surface area (Å²) < 4.78 is 0. The molecule has 0 heterocycles. The monoisotopic (exact) mass is 244 g/mol. The minimum atomic E-state index is -0.905. The second-order valence-corrected chi connectivity index (χ2v) is 5.15. The van der Waals surface area contributed by atoms with Crippen molar-refractivity contribution in [2.45, 2.75) is 18.7 Å². The number of benzene rings is 1. The van der Waals surface area contributed by atoms with Crippen LogP contribution in [0.25, 0.3) is 0 Å². The van der Waals surface area contributed by atoms with E-state index in [4.69, 9.17) is 16.7 Å². The Morgan fingerprint density at radius 2 is 2.20 bits per heavy atom. The first-order chi connectivity index (χ1) is 7.00. The van der Waals surface area contributed by atoms with E-state index in [9.17, 15) is 4.79 Å². The zero-order valence-corrected chi connectivity index (χ0v) is 10.2. The molecule has 0 bridgehead atoms. The molecular formula is C11H13ClO2S. The molecule has 4 heteroatoms. The average molecular weight is 245 g/mol. The van der Waals surface area contributed by atoms with Gasteiger partial charge in [-0.25, -0.2) is 4.79 Å². The average Bonchev–Trinajstić information content (AvgIpc) is 2.14. The first-order valence-electron chi connectivity index (χ1n) is 4.66. The Bertz CT molecular complexity index is 364. The second kappa shape index (κ2) is 5.42. The fourth-order valence-electron chi connectivity index (χ4n) is 1.05. The van der Waals surface area contributed by atoms with Crippen LogP contribution in [0.15, 0.2) is 23.1 Å². The summed E-state index contributed by atoms with van der Waals surface area (Å²) >= 11 is 7.36. The third-order valence-electron chi connectivity index (χ3n) is 1.75. The molecule has 0 saturated carbocycles. The molecule has 0 unspecified atom stereocenters. The van der Waals surface area contributed by atoms with Crippen LogP contribution in [-0.4, -0.2) is 16.8 Å². The molecule has 0 radical (unpaired) electrons. The van der Waals surface area contributed by atoms with E-state index in [1.54, 1.807) is 18.2 Å². The lowest BCUT2D eigenvalue weighted by Gasteiger charge is -2.08. The summed E-state index contributed by atoms with van der Waals surface area (Å²) in [6.07, 6.45) is 0. The van der Waals surface area contributed by atoms with Gasteiger partial charge in [0.15, 0.2) is 0 Å². The van der Waals surface area contributed by atoms with E-state index in [0.717, 1.165) is 10.6 Å². The van der Waals surface area contributed by atoms with Crippen molar-refractivity contribution in [1.82, 2.24) is 0 Å². The summed E-state index contributed by atoms with van der Waals surface area (Å²) in [4.78, 5) is 11.7. The highest BCUT2D eigenvalue weighted by atomic mass is 35.5. The van der Waals surface area contributed by atoms with E-state index >= 15 is 0 Å². The van der Waals surface area contributed by atoms with Crippen molar-refractivity contribution >= 4 is 29.3 Å². The maximum atomic E-state index is 10.9. The molecule has 1 aromatic rings. The zero-order chi connectivity index (χ0) is 11.4. The molecule has 1 N–H and O–H groups in total. The molecule has 0 amide bonds. The highest BCUT2D eigenvalue weighted by Gasteiger charge is 2.11. The summed E-state index contributed by atoms with van der Waals surface area (Å²) in [5.74, 6) is 0.509. The molecule has 1 aromatic carbocycles. The molecule has 2 nitrogen and oxygen atoms in total. The lowest BCUT2D eigenvalue weighted by Crippen LogP contribution is -2.00. The number of carbonyl (C=O) groups is 1. The predicted octanol–water partition coefficient (Wildman–Crippen LogP) is 3.79. The molecule has 0 aromatic heterocycles. The summed E-state index contributed by atoms with van der Waals surface area (Å²) in [6.45, 7) is 4.19. The molecule has 1 rings (SSSR count). The van der Waals surface area contributed by atoms with E-state index in [2.05, 4.69) is 13.8 Å². The van der Waals surface area contributed by atoms with Gasteiger partial charge in [0.25, 0.3) is 0 Å². The van der Waals surface area contributed by atoms with Crippen molar-refractivity contribution in [1.29, 1.82) is 0 Å². The maximum Gasteiger partial charge on any atom is 0.336 e. The van der Waals surface area contributed by atoms with Gasteiger partial charge in [0.1, 0.15) is 0 Å². The summed E-state index contributed by atoms with van der Waals surface area (Å²) in [5, 5.41) is 9.54. The van der Waals surface area contributed by atoms with Crippen LogP contribution in [-0.2, 0) is 0 Å². The van der Waals surface area contributed by atoms with Crippen LogP contribution < -0.4 is 0 Å². The van der Waals surface area contributed by atoms with Gasteiger partial charge >= 0.3 is 5.97 Å². The molecule has 0 spiro atoms. The normalized spacial score (nSPS) is 10.7. The van der Waals surface area contributed by atoms with Crippen LogP contribution in [0.2, 0.25) is 5.02 Å². The fraction of sp³-hybridized carbons (Fsp3) is 0.364. The van der Waals surface area contributed by atoms with E-state index < -0.39 is 5.97 Å². The van der Waals surface area contributed by atoms with Gasteiger partial charge in [0, 0.05) is 15.7 Å². The van der Waals surface area contributed by atoms with E-state index in [-0.39, 0.29) is 0 Å². The minimum absolute atomic E-state index is 0.324. The Morgan fingerprint density at radius 3 is 2.73 bits per heavy atom. The molecule has 0 atom stereocenters. The highest BCUT2D eigenvalue weighted by Crippen LogP contribution is 2.27. The van der Waals surface area contributed by atoms with Gasteiger partial charge in [-0.2, -0.15) is 0 Å². The second-order valence-electron chi connectivity index (χ2n) is 3.65. The highest BCUT2D eigenvalue weighted by molar-refractivity contribution is 7.99. The summed E-state index contributed by atoms with van der Waals surface area (Å²) in [5.41, 5.74) is 0.324. The molecule has 0 fully saturated rings. The first-order valence-corrected chi connectivity index (χ1v) is 6.02. The van der Waals surface area contributed by atoms with Gasteiger partial charge in [0.2, 0.25) is 0 Å². The molecule has 15 heavy (non-hydrogen) atoms. The number of carboxylic acid groups (broad SMARTS) is 1. The zero-order valence-electron chi connectivity index (χ0n) is 8.66. The lowest BCUT2D eigenvalue weighted by atomic mass is 10.2. The molecule has 0 aliphatic rings. The van der Waals surface area contributed by atoms with E-state index in [0.29, 0.717) is 16.5 Å². The standard InChI is InChI=1S/C11H13ClO2S/c1-7(2)6-15-10-5-8(12)3-4-9(10)11(13)14/h3-5,7H,6H2,1-2H3,(H,13,14). The Labute approximate surface area is 98.6 Å². The van der Waals surface area contributed by atoms with E-state index in [1.807, 2.05) is 0 Å². The fourth-order valence-corrected chi connectivity index (χ4v) is 2.32. The number of halogens is 1. The first kappa shape index (κ1) is 12.4. The Hall–Kier alpha value is -0.670. The summed E-state index contributed by atoms with van der Waals surface area (Å²) in [6, 6.07) is 4.86. The molecule has 0 aliphatic heterocycles. The quantitative estimate of drug-likeness (QED) is 0.819. The maximum absolute atomic E-state index is 10.9. The largest absolute Gasteiger partial charge is 0.478 e. The van der Waals surface area contributed by atoms with Crippen LogP contribution in [0.5, 0.6) is 0 Å². The van der Waals surface area contributed by atoms with Crippen molar-refractivity contribution < 1.29 is 9.90 Å². The van der Waals surface area contributed by atoms with Crippen LogP contribution >= 0.6 is 23.4 Å². The Balaban J connectivity index is 2.92. The smallest absolute Gasteiger partial charge is 0.336 e. The third-order valence-corrected chi connectivity index (χ3v) is 3.46. The van der Waals surface area contributed by atoms with Crippen LogP contribution in [0.4, 0.5) is 0 Å². The van der Waals surface area contributed by atoms with Crippen LogP contribution in [0.1, 0.15) is 24.2 Å². The van der Waals surface area contributed by atoms with Crippen molar-refractivity contribution in [3.63, 3.8) is 0 Å². The molecular weight excluding hydrogens is 232 g/mol. The number of thioether (sulfide) groups is 1. The Kier molecular flexibility index (Phi) is 4.48. The lowest BCUT2D eigenvalue weighted by molar-refractivity contribution is 0.0693. The van der Waals surface area contributed by atoms with Crippen LogP contribution in [0.3, 0.4) is 0 Å². The molecule has 82 valence electrons. The van der Waals surface area contributed by atoms with E-state index in [1.165, 1.54) is 11.8 Å². The minimum Gasteiger partial charge on any atom is -0.478 e. The SMILES string of the molecule is CC(C)CSc1cc(Cl)ccc1C(=O)O. The number of rotatable bonds is 4. The van der Waals surface area contributed by atoms with Crippen molar-refractivity contribution in [3.05, 3.63) is 28.8 Å². The van der Waals surface area contributed by atoms with Gasteiger partial charge in [-0.3, -0.25) is 0 Å². The summed E-state index contributed by atoms with van der Waals surface area (Å²) in [7, 11) is 0. The third kappa shape index (κ3) is 3.76. The number of aromatic carboxylic acids is 1. The van der Waals surface area contributed by atoms with Gasteiger partial charge in [-0.15, -0.1) is 11.8 Å². The van der Waals surface area contributed by atoms with Crippen molar-refractivity contribution in [2.24, 2.45) is 5.92 Å². The number of hydrogen-bond acceptors (Lipinski definition) is 2. The number of hydrogen-bond donors (Lipinski definition) is 1. The van der Waals surface area contributed by atoms with Crippen LogP contribution in [0, 0.1) is 5.92 Å². The van der Waals surface area contributed by atoms with Gasteiger partial charge in [-0.05, 0) is 24.1 Å². The van der Waals surface area contributed by atoms with Gasteiger partial charge in [-0.1, -0.05) is 25.4 Å². The predicted molar refractivity (Wildman–Crippen MR) is 64.0 cm³/mol. The van der Waals surface area contributed by atoms with Crippen molar-refractivity contribution in [2.75, 3.05) is 5.75 Å².